The summed E-state index contributed by atoms with van der Waals surface area (Å²) in [5, 5.41) is 14.3. The van der Waals surface area contributed by atoms with Gasteiger partial charge in [0.05, 0.1) is 5.69 Å². The lowest BCUT2D eigenvalue weighted by Crippen LogP contribution is -2.14. The van der Waals surface area contributed by atoms with Crippen LogP contribution in [0.5, 0.6) is 0 Å². The fourth-order valence-electron chi connectivity index (χ4n) is 2.00. The molecular weight excluding hydrogens is 453 g/mol. The van der Waals surface area contributed by atoms with Crippen molar-refractivity contribution in [3.8, 4) is 17.2 Å². The molecule has 1 aromatic carbocycles. The molecule has 0 saturated carbocycles. The first kappa shape index (κ1) is 23.9. The second kappa shape index (κ2) is 12.3. The topological polar surface area (TPSA) is 99.0 Å². The molecule has 0 aliphatic carbocycles. The molecule has 0 aliphatic rings. The Morgan fingerprint density at radius 2 is 1.93 bits per heavy atom. The number of halogens is 2. The summed E-state index contributed by atoms with van der Waals surface area (Å²) in [6.07, 6.45) is 1.98. The van der Waals surface area contributed by atoms with Crippen molar-refractivity contribution in [1.29, 1.82) is 0 Å². The maximum atomic E-state index is 13.3. The predicted octanol–water partition coefficient (Wildman–Crippen LogP) is 4.60. The number of nitrogens with one attached hydrogen (secondary N) is 1. The van der Waals surface area contributed by atoms with E-state index in [2.05, 4.69) is 36.7 Å². The van der Waals surface area contributed by atoms with Crippen LogP contribution < -0.4 is 11.1 Å². The van der Waals surface area contributed by atoms with Crippen molar-refractivity contribution in [2.75, 3.05) is 23.9 Å². The van der Waals surface area contributed by atoms with Gasteiger partial charge >= 0.3 is 5.76 Å². The molecule has 0 aliphatic heterocycles. The molecule has 3 rings (SSSR count). The van der Waals surface area contributed by atoms with Gasteiger partial charge in [-0.2, -0.15) is 11.8 Å². The van der Waals surface area contributed by atoms with Crippen LogP contribution in [0.3, 0.4) is 0 Å². The van der Waals surface area contributed by atoms with E-state index in [-0.39, 0.29) is 11.5 Å². The number of aromatic nitrogens is 4. The lowest BCUT2D eigenvalue weighted by atomic mass is 10.3. The molecular formula is C17H23BrFN5O3S. The van der Waals surface area contributed by atoms with E-state index in [1.54, 1.807) is 11.8 Å². The molecule has 0 fully saturated rings. The van der Waals surface area contributed by atoms with Crippen LogP contribution in [0, 0.1) is 5.82 Å². The van der Waals surface area contributed by atoms with Gasteiger partial charge in [0.15, 0.2) is 5.69 Å². The number of hydrogen-bond acceptors (Lipinski definition) is 8. The molecule has 0 amide bonds. The SMILES string of the molecule is CC.CC.CSCCNc1nonc1-c1noc(=O)n1-c1ccc(F)cc1Br. The molecule has 0 atom stereocenters. The zero-order valence-corrected chi connectivity index (χ0v) is 18.7. The van der Waals surface area contributed by atoms with E-state index in [0.29, 0.717) is 22.5 Å². The fourth-order valence-corrected chi connectivity index (χ4v) is 2.83. The van der Waals surface area contributed by atoms with Crippen molar-refractivity contribution in [2.45, 2.75) is 27.7 Å². The lowest BCUT2D eigenvalue weighted by molar-refractivity contribution is 0.309. The van der Waals surface area contributed by atoms with Gasteiger partial charge in [-0.1, -0.05) is 32.9 Å². The van der Waals surface area contributed by atoms with Crippen LogP contribution in [0.1, 0.15) is 27.7 Å². The third-order valence-electron chi connectivity index (χ3n) is 3.05. The Hall–Kier alpha value is -2.14. The van der Waals surface area contributed by atoms with Crippen molar-refractivity contribution in [2.24, 2.45) is 0 Å². The van der Waals surface area contributed by atoms with Gasteiger partial charge in [0, 0.05) is 16.8 Å². The smallest absolute Gasteiger partial charge is 0.364 e. The zero-order valence-electron chi connectivity index (χ0n) is 16.3. The summed E-state index contributed by atoms with van der Waals surface area (Å²) in [4.78, 5) is 12.1. The fraction of sp³-hybridized carbons (Fsp3) is 0.412. The Kier molecular flexibility index (Phi) is 10.5. The molecule has 28 heavy (non-hydrogen) atoms. The quantitative estimate of drug-likeness (QED) is 0.516. The standard InChI is InChI=1S/C13H11BrFN5O3S.2C2H6/c1-24-5-4-16-11-10(17-23-18-11)12-19-22-13(21)20(12)9-3-2-7(15)6-8(9)14;2*1-2/h2-3,6H,4-5H2,1H3,(H,16,18);2*1-2H3. The van der Waals surface area contributed by atoms with Crippen molar-refractivity contribution in [3.63, 3.8) is 0 Å². The Labute approximate surface area is 175 Å². The van der Waals surface area contributed by atoms with Crippen LogP contribution in [0.25, 0.3) is 17.2 Å². The molecule has 0 radical (unpaired) electrons. The first-order valence-electron chi connectivity index (χ1n) is 8.71. The summed E-state index contributed by atoms with van der Waals surface area (Å²) >= 11 is 4.88. The first-order valence-corrected chi connectivity index (χ1v) is 10.9. The van der Waals surface area contributed by atoms with Crippen molar-refractivity contribution in [3.05, 3.63) is 39.0 Å². The summed E-state index contributed by atoms with van der Waals surface area (Å²) in [5.41, 5.74) is 0.578. The molecule has 3 aromatic rings. The molecule has 1 N–H and O–H groups in total. The number of anilines is 1. The minimum absolute atomic E-state index is 0.0974. The van der Waals surface area contributed by atoms with Crippen LogP contribution in [0.2, 0.25) is 0 Å². The maximum absolute atomic E-state index is 13.3. The predicted molar refractivity (Wildman–Crippen MR) is 113 cm³/mol. The van der Waals surface area contributed by atoms with Gasteiger partial charge in [-0.05, 0) is 50.7 Å². The third-order valence-corrected chi connectivity index (χ3v) is 4.30. The second-order valence-electron chi connectivity index (χ2n) is 4.58. The van der Waals surface area contributed by atoms with Gasteiger partial charge in [-0.3, -0.25) is 4.52 Å². The summed E-state index contributed by atoms with van der Waals surface area (Å²) in [6.45, 7) is 8.63. The van der Waals surface area contributed by atoms with Crippen LogP contribution in [0.15, 0.2) is 36.6 Å². The van der Waals surface area contributed by atoms with Crippen LogP contribution >= 0.6 is 27.7 Å². The summed E-state index contributed by atoms with van der Waals surface area (Å²) in [5.74, 6) is 0.0978. The average molecular weight is 476 g/mol. The van der Waals surface area contributed by atoms with E-state index >= 15 is 0 Å². The largest absolute Gasteiger partial charge is 0.446 e. The van der Waals surface area contributed by atoms with E-state index in [0.717, 1.165) is 10.3 Å². The summed E-state index contributed by atoms with van der Waals surface area (Å²) in [6, 6.07) is 3.88. The van der Waals surface area contributed by atoms with E-state index in [9.17, 15) is 9.18 Å². The van der Waals surface area contributed by atoms with Crippen molar-refractivity contribution >= 4 is 33.5 Å². The van der Waals surface area contributed by atoms with Crippen LogP contribution in [-0.4, -0.2) is 38.6 Å². The summed E-state index contributed by atoms with van der Waals surface area (Å²) in [7, 11) is 0. The highest BCUT2D eigenvalue weighted by Crippen LogP contribution is 2.27. The van der Waals surface area contributed by atoms with Gasteiger partial charge in [-0.25, -0.2) is 18.4 Å². The van der Waals surface area contributed by atoms with Crippen molar-refractivity contribution in [1.82, 2.24) is 20.0 Å². The monoisotopic (exact) mass is 475 g/mol. The van der Waals surface area contributed by atoms with E-state index in [1.165, 1.54) is 18.2 Å². The molecule has 2 heterocycles. The van der Waals surface area contributed by atoms with Gasteiger partial charge in [0.25, 0.3) is 0 Å². The third kappa shape index (κ3) is 5.68. The first-order chi connectivity index (χ1) is 13.6. The number of nitrogens with zero attached hydrogens (tertiary/aromatic N) is 4. The normalized spacial score (nSPS) is 9.82. The van der Waals surface area contributed by atoms with Crippen LogP contribution in [0.4, 0.5) is 10.2 Å². The highest BCUT2D eigenvalue weighted by molar-refractivity contribution is 9.10. The van der Waals surface area contributed by atoms with Gasteiger partial charge in [-0.15, -0.1) is 0 Å². The molecule has 2 aromatic heterocycles. The van der Waals surface area contributed by atoms with E-state index < -0.39 is 11.6 Å². The Morgan fingerprint density at radius 3 is 2.57 bits per heavy atom. The molecule has 0 saturated heterocycles. The highest BCUT2D eigenvalue weighted by atomic mass is 79.9. The Bertz CT molecular complexity index is 912. The lowest BCUT2D eigenvalue weighted by Gasteiger charge is -2.06. The molecule has 11 heteroatoms. The maximum Gasteiger partial charge on any atom is 0.446 e. The minimum atomic E-state index is -0.740. The van der Waals surface area contributed by atoms with E-state index in [4.69, 9.17) is 9.15 Å². The highest BCUT2D eigenvalue weighted by Gasteiger charge is 2.23. The Morgan fingerprint density at radius 1 is 1.21 bits per heavy atom. The molecule has 0 spiro atoms. The van der Waals surface area contributed by atoms with Crippen molar-refractivity contribution < 1.29 is 13.5 Å². The van der Waals surface area contributed by atoms with Gasteiger partial charge in [0.1, 0.15) is 5.82 Å². The van der Waals surface area contributed by atoms with Crippen LogP contribution in [-0.2, 0) is 0 Å². The molecule has 0 unspecified atom stereocenters. The van der Waals surface area contributed by atoms with E-state index in [1.807, 2.05) is 34.0 Å². The molecule has 154 valence electrons. The Balaban J connectivity index is 0.000000921. The van der Waals surface area contributed by atoms with Gasteiger partial charge < -0.3 is 5.32 Å². The summed E-state index contributed by atoms with van der Waals surface area (Å²) < 4.78 is 24.3. The molecule has 0 bridgehead atoms. The number of thioether (sulfide) groups is 1. The number of hydrogen-bond donors (Lipinski definition) is 1. The second-order valence-corrected chi connectivity index (χ2v) is 6.42. The number of benzene rings is 1. The number of rotatable bonds is 6. The zero-order chi connectivity index (χ0) is 21.1. The average Bonchev–Trinajstić information content (AvgIpc) is 3.32. The molecule has 8 nitrogen and oxygen atoms in total. The minimum Gasteiger partial charge on any atom is -0.364 e. The van der Waals surface area contributed by atoms with Gasteiger partial charge in [0.2, 0.25) is 11.6 Å².